The Kier molecular flexibility index (Phi) is 3.24. The van der Waals surface area contributed by atoms with Gasteiger partial charge in [-0.05, 0) is 6.42 Å². The number of nitro benzene ring substituents is 1. The fraction of sp³-hybridized carbons (Fsp3) is 0.308. The molecule has 1 aliphatic heterocycles. The molecule has 1 amide bonds. The smallest absolute Gasteiger partial charge is 0.314 e. The largest absolute Gasteiger partial charge is 0.338 e. The molecule has 9 heteroatoms. The predicted molar refractivity (Wildman–Crippen MR) is 76.5 cm³/mol. The molecule has 0 spiro atoms. The van der Waals surface area contributed by atoms with Gasteiger partial charge >= 0.3 is 11.1 Å². The van der Waals surface area contributed by atoms with Gasteiger partial charge in [0.05, 0.1) is 16.0 Å². The molecule has 0 radical (unpaired) electrons. The highest BCUT2D eigenvalue weighted by Crippen LogP contribution is 2.24. The van der Waals surface area contributed by atoms with Crippen LogP contribution in [0.3, 0.4) is 0 Å². The van der Waals surface area contributed by atoms with Gasteiger partial charge in [-0.3, -0.25) is 24.5 Å². The van der Waals surface area contributed by atoms with Gasteiger partial charge < -0.3 is 14.9 Å². The van der Waals surface area contributed by atoms with E-state index in [1.165, 1.54) is 12.1 Å². The average Bonchev–Trinajstić information content (AvgIpc) is 2.86. The second-order valence-electron chi connectivity index (χ2n) is 5.11. The number of aromatic amines is 2. The van der Waals surface area contributed by atoms with Crippen LogP contribution in [0.4, 0.5) is 5.69 Å². The van der Waals surface area contributed by atoms with Crippen molar-refractivity contribution in [3.63, 3.8) is 0 Å². The molecule has 0 unspecified atom stereocenters. The van der Waals surface area contributed by atoms with Crippen LogP contribution in [-0.2, 0) is 11.3 Å². The fourth-order valence-electron chi connectivity index (χ4n) is 2.59. The number of benzene rings is 1. The van der Waals surface area contributed by atoms with Crippen molar-refractivity contribution in [2.75, 3.05) is 6.54 Å². The molecular weight excluding hydrogens is 292 g/mol. The summed E-state index contributed by atoms with van der Waals surface area (Å²) in [4.78, 5) is 51.3. The summed E-state index contributed by atoms with van der Waals surface area (Å²) in [5.74, 6) is -0.0357. The number of nitro groups is 1. The second kappa shape index (κ2) is 5.10. The van der Waals surface area contributed by atoms with Crippen molar-refractivity contribution in [3.05, 3.63) is 48.5 Å². The molecule has 1 fully saturated rings. The molecule has 2 heterocycles. The zero-order valence-corrected chi connectivity index (χ0v) is 11.4. The van der Waals surface area contributed by atoms with E-state index in [1.54, 1.807) is 4.90 Å². The Morgan fingerprint density at radius 2 is 1.91 bits per heavy atom. The third kappa shape index (κ3) is 2.36. The number of hydrogen-bond acceptors (Lipinski definition) is 5. The summed E-state index contributed by atoms with van der Waals surface area (Å²) in [5, 5.41) is 11.0. The molecule has 1 aromatic carbocycles. The van der Waals surface area contributed by atoms with Gasteiger partial charge in [-0.15, -0.1) is 0 Å². The lowest BCUT2D eigenvalue weighted by Gasteiger charge is -2.16. The highest BCUT2D eigenvalue weighted by Gasteiger charge is 2.22. The molecule has 3 rings (SSSR count). The maximum absolute atomic E-state index is 11.7. The van der Waals surface area contributed by atoms with Crippen LogP contribution >= 0.6 is 0 Å². The number of fused-ring (bicyclic) bond motifs is 1. The van der Waals surface area contributed by atoms with Crippen molar-refractivity contribution in [1.82, 2.24) is 14.9 Å². The van der Waals surface area contributed by atoms with Crippen molar-refractivity contribution >= 4 is 22.6 Å². The highest BCUT2D eigenvalue weighted by atomic mass is 16.6. The number of hydrogen-bond donors (Lipinski definition) is 2. The van der Waals surface area contributed by atoms with Crippen LogP contribution in [0.25, 0.3) is 11.0 Å². The van der Waals surface area contributed by atoms with E-state index in [2.05, 4.69) is 9.97 Å². The molecule has 0 atom stereocenters. The molecule has 9 nitrogen and oxygen atoms in total. The molecule has 0 saturated carbocycles. The third-order valence-electron chi connectivity index (χ3n) is 3.64. The molecule has 1 saturated heterocycles. The van der Waals surface area contributed by atoms with E-state index in [9.17, 15) is 24.5 Å². The van der Waals surface area contributed by atoms with Crippen LogP contribution in [0.1, 0.15) is 18.4 Å². The van der Waals surface area contributed by atoms with E-state index in [-0.39, 0.29) is 23.7 Å². The number of nitrogens with one attached hydrogen (secondary N) is 2. The zero-order valence-electron chi connectivity index (χ0n) is 11.4. The maximum atomic E-state index is 11.7. The first-order valence-corrected chi connectivity index (χ1v) is 6.67. The van der Waals surface area contributed by atoms with Crippen LogP contribution in [-0.4, -0.2) is 32.2 Å². The lowest BCUT2D eigenvalue weighted by Crippen LogP contribution is -2.30. The second-order valence-corrected chi connectivity index (χ2v) is 5.11. The van der Waals surface area contributed by atoms with Gasteiger partial charge in [0, 0.05) is 37.2 Å². The van der Waals surface area contributed by atoms with Crippen LogP contribution in [0, 0.1) is 10.1 Å². The monoisotopic (exact) mass is 304 g/mol. The van der Waals surface area contributed by atoms with Crippen LogP contribution in [0.2, 0.25) is 0 Å². The van der Waals surface area contributed by atoms with E-state index >= 15 is 0 Å². The minimum absolute atomic E-state index is 0.0357. The number of aromatic nitrogens is 2. The van der Waals surface area contributed by atoms with E-state index in [4.69, 9.17) is 0 Å². The quantitative estimate of drug-likeness (QED) is 0.477. The first-order valence-electron chi connectivity index (χ1n) is 6.67. The molecule has 1 aliphatic rings. The molecule has 114 valence electrons. The summed E-state index contributed by atoms with van der Waals surface area (Å²) in [7, 11) is 0. The topological polar surface area (TPSA) is 129 Å². The van der Waals surface area contributed by atoms with Crippen LogP contribution < -0.4 is 11.1 Å². The number of nitrogens with zero attached hydrogens (tertiary/aromatic N) is 2. The van der Waals surface area contributed by atoms with E-state index in [0.717, 1.165) is 6.42 Å². The predicted octanol–water partition coefficient (Wildman–Crippen LogP) is 0.247. The summed E-state index contributed by atoms with van der Waals surface area (Å²) in [5.41, 5.74) is -1.04. The van der Waals surface area contributed by atoms with Gasteiger partial charge in [-0.2, -0.15) is 0 Å². The number of H-pyrrole nitrogens is 2. The standard InChI is InChI=1S/C13H12N4O5/c18-10-2-1-3-16(10)6-7-4-8(17(21)22)5-9-11(7)15-13(20)12(19)14-9/h4-5H,1-3,6H2,(H,14,19)(H,15,20). The third-order valence-corrected chi connectivity index (χ3v) is 3.64. The Hall–Kier alpha value is -2.97. The van der Waals surface area contributed by atoms with Crippen molar-refractivity contribution in [3.8, 4) is 0 Å². The highest BCUT2D eigenvalue weighted by molar-refractivity contribution is 5.82. The van der Waals surface area contributed by atoms with Gasteiger partial charge in [0.25, 0.3) is 5.69 Å². The van der Waals surface area contributed by atoms with Crippen LogP contribution in [0.5, 0.6) is 0 Å². The molecular formula is C13H12N4O5. The zero-order chi connectivity index (χ0) is 15.9. The van der Waals surface area contributed by atoms with Gasteiger partial charge in [0.1, 0.15) is 0 Å². The first-order chi connectivity index (χ1) is 10.5. The minimum Gasteiger partial charge on any atom is -0.338 e. The first kappa shape index (κ1) is 14.0. The number of carbonyl (C=O) groups excluding carboxylic acids is 1. The SMILES string of the molecule is O=C1CCCN1Cc1cc([N+](=O)[O-])cc2[nH]c(=O)c(=O)[nH]c12. The summed E-state index contributed by atoms with van der Waals surface area (Å²) in [6, 6.07) is 2.49. The molecule has 2 aromatic rings. The van der Waals surface area contributed by atoms with Crippen molar-refractivity contribution in [1.29, 1.82) is 0 Å². The van der Waals surface area contributed by atoms with Crippen LogP contribution in [0.15, 0.2) is 21.7 Å². The van der Waals surface area contributed by atoms with E-state index in [1.807, 2.05) is 0 Å². The van der Waals surface area contributed by atoms with Gasteiger partial charge in [0.15, 0.2) is 0 Å². The minimum atomic E-state index is -0.879. The van der Waals surface area contributed by atoms with Gasteiger partial charge in [-0.1, -0.05) is 0 Å². The molecule has 2 N–H and O–H groups in total. The lowest BCUT2D eigenvalue weighted by molar-refractivity contribution is -0.384. The maximum Gasteiger partial charge on any atom is 0.314 e. The number of rotatable bonds is 3. The Labute approximate surface area is 122 Å². The Morgan fingerprint density at radius 1 is 1.18 bits per heavy atom. The summed E-state index contributed by atoms with van der Waals surface area (Å²) in [6.07, 6.45) is 1.18. The Bertz CT molecular complexity index is 897. The molecule has 0 aliphatic carbocycles. The van der Waals surface area contributed by atoms with Crippen molar-refractivity contribution < 1.29 is 9.72 Å². The number of amides is 1. The lowest BCUT2D eigenvalue weighted by atomic mass is 10.1. The number of non-ortho nitro benzene ring substituents is 1. The van der Waals surface area contributed by atoms with Crippen molar-refractivity contribution in [2.24, 2.45) is 0 Å². The van der Waals surface area contributed by atoms with E-state index in [0.29, 0.717) is 24.0 Å². The van der Waals surface area contributed by atoms with Gasteiger partial charge in [-0.25, -0.2) is 0 Å². The normalized spacial score (nSPS) is 14.7. The number of carbonyl (C=O) groups is 1. The summed E-state index contributed by atoms with van der Waals surface area (Å²) >= 11 is 0. The molecule has 22 heavy (non-hydrogen) atoms. The Morgan fingerprint density at radius 3 is 2.55 bits per heavy atom. The summed E-state index contributed by atoms with van der Waals surface area (Å²) < 4.78 is 0. The molecule has 1 aromatic heterocycles. The van der Waals surface area contributed by atoms with E-state index < -0.39 is 16.0 Å². The average molecular weight is 304 g/mol. The fourth-order valence-corrected chi connectivity index (χ4v) is 2.59. The molecule has 0 bridgehead atoms. The summed E-state index contributed by atoms with van der Waals surface area (Å²) in [6.45, 7) is 0.718. The number of likely N-dealkylation sites (tertiary alicyclic amines) is 1. The Balaban J connectivity index is 2.19. The van der Waals surface area contributed by atoms with Crippen molar-refractivity contribution in [2.45, 2.75) is 19.4 Å². The van der Waals surface area contributed by atoms with Gasteiger partial charge in [0.2, 0.25) is 5.91 Å².